The van der Waals surface area contributed by atoms with E-state index in [2.05, 4.69) is 0 Å². The second-order valence-corrected chi connectivity index (χ2v) is 6.40. The normalized spacial score (nSPS) is 17.6. The van der Waals surface area contributed by atoms with E-state index in [1.165, 1.54) is 11.3 Å². The van der Waals surface area contributed by atoms with Gasteiger partial charge >= 0.3 is 5.97 Å². The third-order valence-corrected chi connectivity index (χ3v) is 5.56. The molecule has 1 aliphatic heterocycles. The van der Waals surface area contributed by atoms with Crippen LogP contribution in [0.3, 0.4) is 0 Å². The molecule has 0 bridgehead atoms. The van der Waals surface area contributed by atoms with Gasteiger partial charge in [0.2, 0.25) is 11.8 Å². The summed E-state index contributed by atoms with van der Waals surface area (Å²) >= 11 is 1.22. The molecule has 1 aromatic heterocycles. The zero-order valence-electron chi connectivity index (χ0n) is 12.4. The van der Waals surface area contributed by atoms with Crippen LogP contribution in [0.2, 0.25) is 0 Å². The van der Waals surface area contributed by atoms with Gasteiger partial charge in [-0.25, -0.2) is 9.69 Å². The lowest BCUT2D eigenvalue weighted by atomic mass is 9.81. The van der Waals surface area contributed by atoms with Crippen molar-refractivity contribution in [2.45, 2.75) is 46.5 Å². The van der Waals surface area contributed by atoms with Crippen molar-refractivity contribution in [1.29, 1.82) is 0 Å². The molecule has 0 radical (unpaired) electrons. The molecular formula is C15H19NO4S. The summed E-state index contributed by atoms with van der Waals surface area (Å²) in [6.07, 6.45) is 2.00. The first-order valence-corrected chi connectivity index (χ1v) is 7.95. The Morgan fingerprint density at radius 1 is 1.33 bits per heavy atom. The molecule has 0 aliphatic carbocycles. The van der Waals surface area contributed by atoms with Crippen LogP contribution >= 0.6 is 11.3 Å². The van der Waals surface area contributed by atoms with E-state index < -0.39 is 11.4 Å². The molecule has 2 amide bonds. The molecule has 0 saturated carbocycles. The van der Waals surface area contributed by atoms with Crippen molar-refractivity contribution in [3.8, 4) is 0 Å². The first-order chi connectivity index (χ1) is 9.90. The molecule has 21 heavy (non-hydrogen) atoms. The molecule has 1 aromatic rings. The molecule has 0 unspecified atom stereocenters. The van der Waals surface area contributed by atoms with Gasteiger partial charge in [-0.2, -0.15) is 0 Å². The Bertz CT molecular complexity index is 601. The van der Waals surface area contributed by atoms with E-state index in [9.17, 15) is 19.5 Å². The number of imide groups is 1. The Hall–Kier alpha value is -1.69. The molecule has 6 heteroatoms. The van der Waals surface area contributed by atoms with Gasteiger partial charge in [-0.1, -0.05) is 20.8 Å². The van der Waals surface area contributed by atoms with Crippen LogP contribution in [-0.4, -0.2) is 22.9 Å². The Morgan fingerprint density at radius 2 is 1.95 bits per heavy atom. The van der Waals surface area contributed by atoms with Crippen LogP contribution in [-0.2, 0) is 16.0 Å². The van der Waals surface area contributed by atoms with Gasteiger partial charge in [-0.05, 0) is 25.3 Å². The predicted octanol–water partition coefficient (Wildman–Crippen LogP) is 3.08. The number of rotatable bonds is 5. The van der Waals surface area contributed by atoms with Crippen molar-refractivity contribution >= 4 is 34.1 Å². The van der Waals surface area contributed by atoms with Crippen LogP contribution < -0.4 is 4.90 Å². The SMILES string of the molecule is CCc1cc(C(=O)O)c(N2C(=O)CC(CC)(CC)C2=O)s1. The van der Waals surface area contributed by atoms with Gasteiger partial charge in [0, 0.05) is 11.3 Å². The van der Waals surface area contributed by atoms with Gasteiger partial charge in [0.15, 0.2) is 0 Å². The quantitative estimate of drug-likeness (QED) is 0.848. The lowest BCUT2D eigenvalue weighted by Crippen LogP contribution is -2.35. The fraction of sp³-hybridized carbons (Fsp3) is 0.533. The van der Waals surface area contributed by atoms with Crippen LogP contribution in [0.25, 0.3) is 0 Å². The third kappa shape index (κ3) is 2.37. The zero-order chi connectivity index (χ0) is 15.8. The standard InChI is InChI=1S/C15H19NO4S/c1-4-9-7-10(13(18)19)12(21-9)16-11(17)8-15(5-2,6-3)14(16)20/h7H,4-6,8H2,1-3H3,(H,18,19). The van der Waals surface area contributed by atoms with Gasteiger partial charge in [0.05, 0.1) is 11.0 Å². The van der Waals surface area contributed by atoms with E-state index in [1.54, 1.807) is 6.07 Å². The fourth-order valence-electron chi connectivity index (χ4n) is 2.73. The molecule has 0 atom stereocenters. The van der Waals surface area contributed by atoms with E-state index in [0.717, 1.165) is 9.78 Å². The van der Waals surface area contributed by atoms with E-state index >= 15 is 0 Å². The van der Waals surface area contributed by atoms with Crippen molar-refractivity contribution < 1.29 is 19.5 Å². The maximum absolute atomic E-state index is 12.7. The molecule has 5 nitrogen and oxygen atoms in total. The van der Waals surface area contributed by atoms with E-state index in [-0.39, 0.29) is 28.8 Å². The fourth-order valence-corrected chi connectivity index (χ4v) is 3.83. The molecule has 1 saturated heterocycles. The number of aromatic carboxylic acids is 1. The molecule has 1 N–H and O–H groups in total. The maximum Gasteiger partial charge on any atom is 0.338 e. The van der Waals surface area contributed by atoms with Crippen LogP contribution in [0.1, 0.15) is 55.3 Å². The van der Waals surface area contributed by atoms with Gasteiger partial charge in [-0.3, -0.25) is 9.59 Å². The molecule has 0 aromatic carbocycles. The minimum Gasteiger partial charge on any atom is -0.478 e. The zero-order valence-corrected chi connectivity index (χ0v) is 13.2. The number of hydrogen-bond donors (Lipinski definition) is 1. The Kier molecular flexibility index (Phi) is 4.18. The van der Waals surface area contributed by atoms with Gasteiger partial charge in [0.1, 0.15) is 5.00 Å². The highest BCUT2D eigenvalue weighted by Crippen LogP contribution is 2.44. The molecule has 2 heterocycles. The summed E-state index contributed by atoms with van der Waals surface area (Å²) in [5, 5.41) is 9.57. The van der Waals surface area contributed by atoms with Crippen molar-refractivity contribution in [2.24, 2.45) is 5.41 Å². The number of thiophene rings is 1. The number of hydrogen-bond acceptors (Lipinski definition) is 4. The summed E-state index contributed by atoms with van der Waals surface area (Å²) in [6, 6.07) is 1.56. The summed E-state index contributed by atoms with van der Waals surface area (Å²) in [7, 11) is 0. The number of carbonyl (C=O) groups excluding carboxylic acids is 2. The minimum atomic E-state index is -1.10. The highest BCUT2D eigenvalue weighted by molar-refractivity contribution is 7.17. The van der Waals surface area contributed by atoms with Crippen LogP contribution in [0.4, 0.5) is 5.00 Å². The Labute approximate surface area is 127 Å². The number of aryl methyl sites for hydroxylation is 1. The van der Waals surface area contributed by atoms with E-state index in [4.69, 9.17) is 0 Å². The second kappa shape index (κ2) is 5.60. The highest BCUT2D eigenvalue weighted by atomic mass is 32.1. The summed E-state index contributed by atoms with van der Waals surface area (Å²) < 4.78 is 0. The van der Waals surface area contributed by atoms with Gasteiger partial charge < -0.3 is 5.11 Å². The lowest BCUT2D eigenvalue weighted by molar-refractivity contribution is -0.126. The summed E-state index contributed by atoms with van der Waals surface area (Å²) in [5.41, 5.74) is -0.634. The molecular weight excluding hydrogens is 290 g/mol. The van der Waals surface area contributed by atoms with Crippen molar-refractivity contribution in [3.05, 3.63) is 16.5 Å². The maximum atomic E-state index is 12.7. The smallest absolute Gasteiger partial charge is 0.338 e. The topological polar surface area (TPSA) is 74.7 Å². The van der Waals surface area contributed by atoms with Crippen molar-refractivity contribution in [3.63, 3.8) is 0 Å². The highest BCUT2D eigenvalue weighted by Gasteiger charge is 2.50. The second-order valence-electron chi connectivity index (χ2n) is 5.29. The van der Waals surface area contributed by atoms with Gasteiger partial charge in [0.25, 0.3) is 0 Å². The molecule has 1 aliphatic rings. The number of anilines is 1. The van der Waals surface area contributed by atoms with E-state index in [0.29, 0.717) is 19.3 Å². The number of carboxylic acids is 1. The van der Waals surface area contributed by atoms with Crippen LogP contribution in [0, 0.1) is 5.41 Å². The third-order valence-electron chi connectivity index (χ3n) is 4.29. The lowest BCUT2D eigenvalue weighted by Gasteiger charge is -2.23. The molecule has 114 valence electrons. The average molecular weight is 309 g/mol. The Morgan fingerprint density at radius 3 is 2.38 bits per heavy atom. The molecule has 0 spiro atoms. The van der Waals surface area contributed by atoms with Crippen LogP contribution in [0.5, 0.6) is 0 Å². The number of carboxylic acid groups (broad SMARTS) is 1. The minimum absolute atomic E-state index is 0.0431. The molecule has 1 fully saturated rings. The van der Waals surface area contributed by atoms with Gasteiger partial charge in [-0.15, -0.1) is 11.3 Å². The van der Waals surface area contributed by atoms with Crippen LogP contribution in [0.15, 0.2) is 6.07 Å². The number of carbonyl (C=O) groups is 3. The number of nitrogens with zero attached hydrogens (tertiary/aromatic N) is 1. The van der Waals surface area contributed by atoms with E-state index in [1.807, 2.05) is 20.8 Å². The first kappa shape index (κ1) is 15.7. The summed E-state index contributed by atoms with van der Waals surface area (Å²) in [4.78, 5) is 38.3. The first-order valence-electron chi connectivity index (χ1n) is 7.13. The summed E-state index contributed by atoms with van der Waals surface area (Å²) in [6.45, 7) is 5.70. The Balaban J connectivity index is 2.52. The predicted molar refractivity (Wildman–Crippen MR) is 80.8 cm³/mol. The van der Waals surface area contributed by atoms with Crippen molar-refractivity contribution in [2.75, 3.05) is 4.90 Å². The monoisotopic (exact) mass is 309 g/mol. The van der Waals surface area contributed by atoms with Crippen molar-refractivity contribution in [1.82, 2.24) is 0 Å². The average Bonchev–Trinajstić information content (AvgIpc) is 2.98. The number of amides is 2. The molecule has 2 rings (SSSR count). The largest absolute Gasteiger partial charge is 0.478 e. The summed E-state index contributed by atoms with van der Waals surface area (Å²) in [5.74, 6) is -1.66.